The van der Waals surface area contributed by atoms with Crippen LogP contribution in [0.3, 0.4) is 0 Å². The molecule has 1 amide bonds. The summed E-state index contributed by atoms with van der Waals surface area (Å²) in [6.45, 7) is 4.33. The normalized spacial score (nSPS) is 17.3. The number of rotatable bonds is 3. The van der Waals surface area contributed by atoms with Crippen LogP contribution in [0.4, 0.5) is 5.13 Å². The molecule has 0 saturated heterocycles. The van der Waals surface area contributed by atoms with E-state index >= 15 is 0 Å². The number of amides is 1. The molecule has 1 aliphatic heterocycles. The summed E-state index contributed by atoms with van der Waals surface area (Å²) in [5.74, 6) is 1.29. The number of Topliss-reactive ketones (excluding diaryl/α,β-unsaturated/α-hetero) is 1. The molecule has 130 valence electrons. The molecule has 2 aromatic rings. The first-order valence-corrected chi connectivity index (χ1v) is 8.93. The van der Waals surface area contributed by atoms with Gasteiger partial charge in [0.2, 0.25) is 12.7 Å². The number of thiazole rings is 1. The number of aromatic nitrogens is 1. The number of hydrogen-bond acceptors (Lipinski definition) is 6. The van der Waals surface area contributed by atoms with E-state index in [0.29, 0.717) is 27.9 Å². The SMILES string of the molecule is CC1(C)CC(=O)c2sc(NC(=O)Cc3ccc4c(c3)OCO4)nc2C1. The number of benzene rings is 1. The highest BCUT2D eigenvalue weighted by molar-refractivity contribution is 7.17. The van der Waals surface area contributed by atoms with E-state index in [1.165, 1.54) is 11.3 Å². The van der Waals surface area contributed by atoms with E-state index in [1.54, 1.807) is 12.1 Å². The minimum atomic E-state index is -0.170. The molecule has 2 aliphatic rings. The second-order valence-electron chi connectivity index (χ2n) is 7.15. The first-order chi connectivity index (χ1) is 11.9. The maximum atomic E-state index is 12.3. The van der Waals surface area contributed by atoms with Crippen LogP contribution in [-0.4, -0.2) is 23.5 Å². The molecule has 25 heavy (non-hydrogen) atoms. The predicted octanol–water partition coefficient (Wildman–Crippen LogP) is 3.21. The van der Waals surface area contributed by atoms with Crippen molar-refractivity contribution < 1.29 is 19.1 Å². The van der Waals surface area contributed by atoms with Gasteiger partial charge in [0.1, 0.15) is 0 Å². The average molecular weight is 358 g/mol. The van der Waals surface area contributed by atoms with Crippen molar-refractivity contribution in [2.24, 2.45) is 5.41 Å². The van der Waals surface area contributed by atoms with Crippen LogP contribution in [0.2, 0.25) is 0 Å². The fraction of sp³-hybridized carbons (Fsp3) is 0.389. The summed E-state index contributed by atoms with van der Waals surface area (Å²) >= 11 is 1.27. The smallest absolute Gasteiger partial charge is 0.231 e. The Hall–Kier alpha value is -2.41. The number of fused-ring (bicyclic) bond motifs is 2. The summed E-state index contributed by atoms with van der Waals surface area (Å²) in [4.78, 5) is 29.7. The molecule has 7 heteroatoms. The molecule has 0 saturated carbocycles. The van der Waals surface area contributed by atoms with Gasteiger partial charge in [0.05, 0.1) is 17.0 Å². The van der Waals surface area contributed by atoms with Crippen LogP contribution in [0.15, 0.2) is 18.2 Å². The summed E-state index contributed by atoms with van der Waals surface area (Å²) in [7, 11) is 0. The lowest BCUT2D eigenvalue weighted by Crippen LogP contribution is -2.26. The summed E-state index contributed by atoms with van der Waals surface area (Å²) in [5.41, 5.74) is 1.55. The Bertz CT molecular complexity index is 872. The summed E-state index contributed by atoms with van der Waals surface area (Å²) in [6, 6.07) is 5.45. The first-order valence-electron chi connectivity index (χ1n) is 8.11. The number of anilines is 1. The zero-order valence-corrected chi connectivity index (χ0v) is 14.9. The third-order valence-electron chi connectivity index (χ3n) is 4.28. The van der Waals surface area contributed by atoms with E-state index in [-0.39, 0.29) is 30.3 Å². The molecule has 1 aromatic heterocycles. The van der Waals surface area contributed by atoms with Crippen molar-refractivity contribution in [2.45, 2.75) is 33.1 Å². The van der Waals surface area contributed by atoms with Crippen LogP contribution in [0.1, 0.15) is 41.2 Å². The standard InChI is InChI=1S/C18H18N2O4S/c1-18(2)7-11-16(12(21)8-18)25-17(19-11)20-15(22)6-10-3-4-13-14(5-10)24-9-23-13/h3-5H,6-9H2,1-2H3,(H,19,20,22). The fourth-order valence-corrected chi connectivity index (χ4v) is 4.11. The van der Waals surface area contributed by atoms with Gasteiger partial charge in [-0.05, 0) is 29.5 Å². The van der Waals surface area contributed by atoms with Crippen LogP contribution < -0.4 is 14.8 Å². The minimum absolute atomic E-state index is 0.0775. The second kappa shape index (κ2) is 5.84. The Morgan fingerprint density at radius 2 is 2.08 bits per heavy atom. The molecular weight excluding hydrogens is 340 g/mol. The zero-order valence-electron chi connectivity index (χ0n) is 14.0. The van der Waals surface area contributed by atoms with Gasteiger partial charge in [0.25, 0.3) is 0 Å². The maximum Gasteiger partial charge on any atom is 0.231 e. The van der Waals surface area contributed by atoms with Gasteiger partial charge in [-0.25, -0.2) is 4.98 Å². The third-order valence-corrected chi connectivity index (χ3v) is 5.34. The van der Waals surface area contributed by atoms with E-state index in [2.05, 4.69) is 24.1 Å². The molecule has 0 bridgehead atoms. The van der Waals surface area contributed by atoms with Gasteiger partial charge in [-0.2, -0.15) is 0 Å². The summed E-state index contributed by atoms with van der Waals surface area (Å²) in [6.07, 6.45) is 1.48. The van der Waals surface area contributed by atoms with Crippen molar-refractivity contribution in [3.63, 3.8) is 0 Å². The molecular formula is C18H18N2O4S. The minimum Gasteiger partial charge on any atom is -0.454 e. The van der Waals surface area contributed by atoms with Gasteiger partial charge in [0, 0.05) is 6.42 Å². The Kier molecular flexibility index (Phi) is 3.76. The van der Waals surface area contributed by atoms with Crippen LogP contribution in [0, 0.1) is 5.41 Å². The van der Waals surface area contributed by atoms with E-state index in [4.69, 9.17) is 9.47 Å². The number of ketones is 1. The molecule has 6 nitrogen and oxygen atoms in total. The number of nitrogens with zero attached hydrogens (tertiary/aromatic N) is 1. The maximum absolute atomic E-state index is 12.3. The van der Waals surface area contributed by atoms with Gasteiger partial charge in [-0.1, -0.05) is 31.3 Å². The van der Waals surface area contributed by atoms with Crippen LogP contribution in [0.25, 0.3) is 0 Å². The van der Waals surface area contributed by atoms with Gasteiger partial charge in [-0.3, -0.25) is 9.59 Å². The molecule has 2 heterocycles. The Morgan fingerprint density at radius 1 is 1.28 bits per heavy atom. The van der Waals surface area contributed by atoms with Crippen molar-refractivity contribution in [1.29, 1.82) is 0 Å². The lowest BCUT2D eigenvalue weighted by Gasteiger charge is -2.26. The molecule has 1 N–H and O–H groups in total. The molecule has 0 atom stereocenters. The van der Waals surface area contributed by atoms with Crippen LogP contribution >= 0.6 is 11.3 Å². The number of hydrogen-bond donors (Lipinski definition) is 1. The highest BCUT2D eigenvalue weighted by atomic mass is 32.1. The van der Waals surface area contributed by atoms with Gasteiger partial charge in [0.15, 0.2) is 22.4 Å². The highest BCUT2D eigenvalue weighted by Gasteiger charge is 2.34. The summed E-state index contributed by atoms with van der Waals surface area (Å²) < 4.78 is 10.6. The number of carbonyl (C=O) groups excluding carboxylic acids is 2. The predicted molar refractivity (Wildman–Crippen MR) is 93.4 cm³/mol. The topological polar surface area (TPSA) is 77.5 Å². The van der Waals surface area contributed by atoms with Gasteiger partial charge in [-0.15, -0.1) is 0 Å². The van der Waals surface area contributed by atoms with E-state index in [0.717, 1.165) is 17.7 Å². The Labute approximate surface area is 149 Å². The molecule has 4 rings (SSSR count). The van der Waals surface area contributed by atoms with E-state index < -0.39 is 0 Å². The lowest BCUT2D eigenvalue weighted by atomic mass is 9.78. The van der Waals surface area contributed by atoms with Crippen molar-refractivity contribution in [1.82, 2.24) is 4.98 Å². The van der Waals surface area contributed by atoms with E-state index in [1.807, 2.05) is 6.07 Å². The van der Waals surface area contributed by atoms with Gasteiger partial charge >= 0.3 is 0 Å². The average Bonchev–Trinajstić information content (AvgIpc) is 3.11. The fourth-order valence-electron chi connectivity index (χ4n) is 3.17. The van der Waals surface area contributed by atoms with Gasteiger partial charge < -0.3 is 14.8 Å². The highest BCUT2D eigenvalue weighted by Crippen LogP contribution is 2.38. The molecule has 0 spiro atoms. The van der Waals surface area contributed by atoms with Crippen molar-refractivity contribution >= 4 is 28.2 Å². The monoisotopic (exact) mass is 358 g/mol. The van der Waals surface area contributed by atoms with Crippen molar-refractivity contribution in [2.75, 3.05) is 12.1 Å². The van der Waals surface area contributed by atoms with Crippen LogP contribution in [0.5, 0.6) is 11.5 Å². The van der Waals surface area contributed by atoms with Crippen molar-refractivity contribution in [3.05, 3.63) is 34.3 Å². The molecule has 0 fully saturated rings. The molecule has 0 radical (unpaired) electrons. The molecule has 0 unspecified atom stereocenters. The lowest BCUT2D eigenvalue weighted by molar-refractivity contribution is -0.115. The molecule has 1 aromatic carbocycles. The van der Waals surface area contributed by atoms with Crippen LogP contribution in [-0.2, 0) is 17.6 Å². The third kappa shape index (κ3) is 3.24. The summed E-state index contributed by atoms with van der Waals surface area (Å²) in [5, 5.41) is 3.30. The number of ether oxygens (including phenoxy) is 2. The molecule has 1 aliphatic carbocycles. The largest absolute Gasteiger partial charge is 0.454 e. The zero-order chi connectivity index (χ0) is 17.6. The number of carbonyl (C=O) groups is 2. The quantitative estimate of drug-likeness (QED) is 0.912. The Morgan fingerprint density at radius 3 is 2.92 bits per heavy atom. The second-order valence-corrected chi connectivity index (χ2v) is 8.15. The van der Waals surface area contributed by atoms with E-state index in [9.17, 15) is 9.59 Å². The Balaban J connectivity index is 1.46. The number of nitrogens with one attached hydrogen (secondary N) is 1. The van der Waals surface area contributed by atoms with Crippen molar-refractivity contribution in [3.8, 4) is 11.5 Å². The first kappa shape index (κ1) is 16.1.